The van der Waals surface area contributed by atoms with Crippen LogP contribution in [0.1, 0.15) is 25.7 Å². The lowest BCUT2D eigenvalue weighted by molar-refractivity contribution is 0.527. The predicted molar refractivity (Wildman–Crippen MR) is 69.3 cm³/mol. The second kappa shape index (κ2) is 3.90. The van der Waals surface area contributed by atoms with Crippen molar-refractivity contribution in [2.75, 3.05) is 0 Å². The van der Waals surface area contributed by atoms with Crippen LogP contribution in [0.5, 0.6) is 0 Å². The molecular formula is C8H12I2S. The molecular weight excluding hydrogens is 382 g/mol. The van der Waals surface area contributed by atoms with Crippen molar-refractivity contribution in [1.82, 2.24) is 0 Å². The number of hydrogen-bond acceptors (Lipinski definition) is 1. The molecule has 2 heterocycles. The van der Waals surface area contributed by atoms with Crippen LogP contribution in [0, 0.1) is 0 Å². The van der Waals surface area contributed by atoms with E-state index in [2.05, 4.69) is 56.9 Å². The summed E-state index contributed by atoms with van der Waals surface area (Å²) in [6.07, 6.45) is 5.90. The Bertz CT molecular complexity index is 135. The molecule has 0 radical (unpaired) electrons. The normalized spacial score (nSPS) is 50.7. The standard InChI is InChI=1S/C8H12I2S/c9-5-1-3-7-6(10)2-4-8(5)11-7/h5-8H,1-4H2. The number of halogens is 2. The fourth-order valence-corrected chi connectivity index (χ4v) is 5.97. The molecule has 4 atom stereocenters. The Labute approximate surface area is 99.9 Å². The fraction of sp³-hybridized carbons (Fsp3) is 1.00. The number of hydrogen-bond donors (Lipinski definition) is 0. The van der Waals surface area contributed by atoms with E-state index in [1.165, 1.54) is 25.7 Å². The molecule has 11 heavy (non-hydrogen) atoms. The number of thioether (sulfide) groups is 1. The van der Waals surface area contributed by atoms with Gasteiger partial charge in [0.05, 0.1) is 0 Å². The summed E-state index contributed by atoms with van der Waals surface area (Å²) in [4.78, 5) is 0. The predicted octanol–water partition coefficient (Wildman–Crippen LogP) is 3.65. The van der Waals surface area contributed by atoms with Crippen molar-refractivity contribution in [2.45, 2.75) is 44.0 Å². The van der Waals surface area contributed by atoms with Crippen molar-refractivity contribution in [1.29, 1.82) is 0 Å². The zero-order valence-corrected chi connectivity index (χ0v) is 11.4. The van der Waals surface area contributed by atoms with Crippen LogP contribution < -0.4 is 0 Å². The Morgan fingerprint density at radius 1 is 0.818 bits per heavy atom. The molecule has 0 saturated carbocycles. The van der Waals surface area contributed by atoms with Gasteiger partial charge in [-0.25, -0.2) is 0 Å². The van der Waals surface area contributed by atoms with Crippen LogP contribution in [0.25, 0.3) is 0 Å². The molecule has 2 bridgehead atoms. The van der Waals surface area contributed by atoms with Gasteiger partial charge in [0, 0.05) is 18.3 Å². The maximum atomic E-state index is 2.65. The van der Waals surface area contributed by atoms with E-state index < -0.39 is 0 Å². The third-order valence-corrected chi connectivity index (χ3v) is 8.40. The molecule has 0 amide bonds. The first-order chi connectivity index (χ1) is 5.27. The summed E-state index contributed by atoms with van der Waals surface area (Å²) in [5.41, 5.74) is 0. The maximum Gasteiger partial charge on any atom is 0.0229 e. The van der Waals surface area contributed by atoms with Crippen LogP contribution in [0.2, 0.25) is 0 Å². The van der Waals surface area contributed by atoms with Gasteiger partial charge in [-0.15, -0.1) is 0 Å². The van der Waals surface area contributed by atoms with Crippen molar-refractivity contribution in [3.05, 3.63) is 0 Å². The average Bonchev–Trinajstić information content (AvgIpc) is 2.02. The van der Waals surface area contributed by atoms with E-state index in [9.17, 15) is 0 Å². The lowest BCUT2D eigenvalue weighted by atomic mass is 9.99. The summed E-state index contributed by atoms with van der Waals surface area (Å²) in [6, 6.07) is 0. The first-order valence-corrected chi connectivity index (χ1v) is 7.64. The Hall–Kier alpha value is 1.81. The van der Waals surface area contributed by atoms with Crippen LogP contribution in [-0.2, 0) is 0 Å². The van der Waals surface area contributed by atoms with Gasteiger partial charge in [0.15, 0.2) is 0 Å². The maximum absolute atomic E-state index is 2.65. The molecule has 0 spiro atoms. The highest BCUT2D eigenvalue weighted by Gasteiger charge is 2.36. The molecule has 2 aliphatic heterocycles. The second-order valence-corrected chi connectivity index (χ2v) is 8.08. The van der Waals surface area contributed by atoms with Gasteiger partial charge in [-0.1, -0.05) is 45.2 Å². The molecule has 0 N–H and O–H groups in total. The first kappa shape index (κ1) is 9.37. The highest BCUT2D eigenvalue weighted by atomic mass is 127. The monoisotopic (exact) mass is 394 g/mol. The van der Waals surface area contributed by atoms with E-state index in [4.69, 9.17) is 0 Å². The van der Waals surface area contributed by atoms with E-state index in [1.54, 1.807) is 0 Å². The zero-order chi connectivity index (χ0) is 7.84. The topological polar surface area (TPSA) is 0 Å². The summed E-state index contributed by atoms with van der Waals surface area (Å²) >= 11 is 7.57. The van der Waals surface area contributed by atoms with Gasteiger partial charge in [0.2, 0.25) is 0 Å². The summed E-state index contributed by atoms with van der Waals surface area (Å²) < 4.78 is 1.94. The molecule has 3 heteroatoms. The summed E-state index contributed by atoms with van der Waals surface area (Å²) in [6.45, 7) is 0. The third kappa shape index (κ3) is 2.00. The number of alkyl halides is 2. The van der Waals surface area contributed by atoms with E-state index in [0.717, 1.165) is 18.3 Å². The Balaban J connectivity index is 2.02. The van der Waals surface area contributed by atoms with Crippen LogP contribution in [0.4, 0.5) is 0 Å². The van der Waals surface area contributed by atoms with Gasteiger partial charge in [-0.05, 0) is 25.7 Å². The minimum atomic E-state index is 0.970. The third-order valence-electron chi connectivity index (χ3n) is 2.61. The van der Waals surface area contributed by atoms with Gasteiger partial charge >= 0.3 is 0 Å². The molecule has 4 unspecified atom stereocenters. The molecule has 0 aliphatic carbocycles. The molecule has 0 nitrogen and oxygen atoms in total. The molecule has 2 saturated heterocycles. The van der Waals surface area contributed by atoms with E-state index in [1.807, 2.05) is 0 Å². The number of rotatable bonds is 0. The Morgan fingerprint density at radius 2 is 1.27 bits per heavy atom. The number of fused-ring (bicyclic) bond motifs is 2. The highest BCUT2D eigenvalue weighted by Crippen LogP contribution is 2.46. The van der Waals surface area contributed by atoms with Crippen LogP contribution in [0.15, 0.2) is 0 Å². The molecule has 0 aromatic carbocycles. The van der Waals surface area contributed by atoms with Crippen molar-refractivity contribution >= 4 is 56.9 Å². The quantitative estimate of drug-likeness (QED) is 0.447. The lowest BCUT2D eigenvalue weighted by Crippen LogP contribution is -2.36. The molecule has 2 fully saturated rings. The SMILES string of the molecule is IC1CCC2SC1CCC2I. The molecule has 64 valence electrons. The Morgan fingerprint density at radius 3 is 1.73 bits per heavy atom. The van der Waals surface area contributed by atoms with E-state index in [0.29, 0.717) is 0 Å². The molecule has 2 rings (SSSR count). The van der Waals surface area contributed by atoms with Crippen molar-refractivity contribution in [3.63, 3.8) is 0 Å². The first-order valence-electron chi connectivity index (χ1n) is 4.21. The van der Waals surface area contributed by atoms with Crippen molar-refractivity contribution < 1.29 is 0 Å². The van der Waals surface area contributed by atoms with Crippen molar-refractivity contribution in [2.24, 2.45) is 0 Å². The summed E-state index contributed by atoms with van der Waals surface area (Å²) in [5, 5.41) is 2.00. The molecule has 0 aromatic heterocycles. The minimum absolute atomic E-state index is 0.970. The van der Waals surface area contributed by atoms with Crippen LogP contribution in [-0.4, -0.2) is 18.3 Å². The van der Waals surface area contributed by atoms with Gasteiger partial charge in [0.25, 0.3) is 0 Å². The molecule has 0 aromatic rings. The zero-order valence-electron chi connectivity index (χ0n) is 6.30. The van der Waals surface area contributed by atoms with Crippen LogP contribution >= 0.6 is 56.9 Å². The Kier molecular flexibility index (Phi) is 3.32. The largest absolute Gasteiger partial charge is 0.153 e. The minimum Gasteiger partial charge on any atom is -0.153 e. The van der Waals surface area contributed by atoms with Gasteiger partial charge in [0.1, 0.15) is 0 Å². The van der Waals surface area contributed by atoms with Gasteiger partial charge in [-0.2, -0.15) is 11.8 Å². The van der Waals surface area contributed by atoms with E-state index in [-0.39, 0.29) is 0 Å². The molecule has 2 aliphatic rings. The average molecular weight is 394 g/mol. The van der Waals surface area contributed by atoms with Gasteiger partial charge < -0.3 is 0 Å². The fourth-order valence-electron chi connectivity index (χ4n) is 1.91. The van der Waals surface area contributed by atoms with E-state index >= 15 is 0 Å². The highest BCUT2D eigenvalue weighted by molar-refractivity contribution is 14.1. The van der Waals surface area contributed by atoms with Crippen molar-refractivity contribution in [3.8, 4) is 0 Å². The van der Waals surface area contributed by atoms with Crippen LogP contribution in [0.3, 0.4) is 0 Å². The lowest BCUT2D eigenvalue weighted by Gasteiger charge is -2.40. The summed E-state index contributed by atoms with van der Waals surface area (Å²) in [7, 11) is 0. The summed E-state index contributed by atoms with van der Waals surface area (Å²) in [5.74, 6) is 0. The van der Waals surface area contributed by atoms with Gasteiger partial charge in [-0.3, -0.25) is 0 Å². The smallest absolute Gasteiger partial charge is 0.0229 e. The second-order valence-electron chi connectivity index (χ2n) is 3.40.